The van der Waals surface area contributed by atoms with E-state index in [1.54, 1.807) is 0 Å². The Hall–Kier alpha value is -1.27. The van der Waals surface area contributed by atoms with Gasteiger partial charge in [-0.1, -0.05) is 6.92 Å². The van der Waals surface area contributed by atoms with Gasteiger partial charge in [-0.05, 0) is 20.8 Å². The lowest BCUT2D eigenvalue weighted by Crippen LogP contribution is -2.44. The highest BCUT2D eigenvalue weighted by Gasteiger charge is 2.54. The molecule has 0 aliphatic heterocycles. The molecular weight excluding hydrogens is 265 g/mol. The largest absolute Gasteiger partial charge is 0.466 e. The van der Waals surface area contributed by atoms with Crippen molar-refractivity contribution >= 4 is 11.9 Å². The Morgan fingerprint density at radius 2 is 1.58 bits per heavy atom. The van der Waals surface area contributed by atoms with E-state index in [2.05, 4.69) is 9.47 Å². The molecule has 0 radical (unpaired) electrons. The van der Waals surface area contributed by atoms with E-state index in [-0.39, 0.29) is 13.2 Å². The second-order valence-corrected chi connectivity index (χ2v) is 4.38. The van der Waals surface area contributed by atoms with Crippen LogP contribution in [0.3, 0.4) is 0 Å². The third-order valence-electron chi connectivity index (χ3n) is 3.01. The highest BCUT2D eigenvalue weighted by molar-refractivity contribution is 5.83. The third-order valence-corrected chi connectivity index (χ3v) is 3.01. The van der Waals surface area contributed by atoms with E-state index in [1.807, 2.05) is 0 Å². The van der Waals surface area contributed by atoms with Crippen LogP contribution in [0.4, 0.5) is 13.2 Å². The average Bonchev–Trinajstić information content (AvgIpc) is 2.27. The molecule has 7 heteroatoms. The van der Waals surface area contributed by atoms with Crippen LogP contribution in [0.25, 0.3) is 0 Å². The zero-order valence-corrected chi connectivity index (χ0v) is 11.5. The van der Waals surface area contributed by atoms with E-state index >= 15 is 0 Å². The first-order valence-electron chi connectivity index (χ1n) is 5.99. The maximum absolute atomic E-state index is 12.8. The first-order chi connectivity index (χ1) is 8.59. The van der Waals surface area contributed by atoms with Gasteiger partial charge in [0.25, 0.3) is 0 Å². The summed E-state index contributed by atoms with van der Waals surface area (Å²) in [6.45, 7) is 4.93. The lowest BCUT2D eigenvalue weighted by atomic mass is 9.75. The second-order valence-electron chi connectivity index (χ2n) is 4.38. The van der Waals surface area contributed by atoms with E-state index in [0.29, 0.717) is 0 Å². The van der Waals surface area contributed by atoms with Crippen LogP contribution in [-0.2, 0) is 19.1 Å². The number of hydrogen-bond donors (Lipinski definition) is 0. The minimum absolute atomic E-state index is 0.0398. The summed E-state index contributed by atoms with van der Waals surface area (Å²) >= 11 is 0. The van der Waals surface area contributed by atoms with Gasteiger partial charge in [-0.15, -0.1) is 0 Å². The van der Waals surface area contributed by atoms with Crippen molar-refractivity contribution in [2.75, 3.05) is 13.2 Å². The summed E-state index contributed by atoms with van der Waals surface area (Å²) in [5.74, 6) is -3.91. The first kappa shape index (κ1) is 17.7. The van der Waals surface area contributed by atoms with Crippen LogP contribution in [-0.4, -0.2) is 31.3 Å². The molecule has 112 valence electrons. The van der Waals surface area contributed by atoms with Crippen LogP contribution >= 0.6 is 0 Å². The molecule has 2 unspecified atom stereocenters. The summed E-state index contributed by atoms with van der Waals surface area (Å²) in [4.78, 5) is 23.2. The molecule has 0 saturated carbocycles. The Morgan fingerprint density at radius 1 is 1.11 bits per heavy atom. The first-order valence-corrected chi connectivity index (χ1v) is 5.99. The van der Waals surface area contributed by atoms with Gasteiger partial charge < -0.3 is 9.47 Å². The van der Waals surface area contributed by atoms with Crippen LogP contribution in [0.5, 0.6) is 0 Å². The lowest BCUT2D eigenvalue weighted by Gasteiger charge is -2.33. The Balaban J connectivity index is 5.24. The Morgan fingerprint density at radius 3 is 1.95 bits per heavy atom. The predicted molar refractivity (Wildman–Crippen MR) is 61.2 cm³/mol. The van der Waals surface area contributed by atoms with Gasteiger partial charge >= 0.3 is 18.1 Å². The van der Waals surface area contributed by atoms with Crippen molar-refractivity contribution in [2.45, 2.75) is 40.3 Å². The number of alkyl halides is 3. The lowest BCUT2D eigenvalue weighted by molar-refractivity contribution is -0.213. The molecule has 0 aromatic rings. The normalized spacial score (nSPS) is 16.4. The van der Waals surface area contributed by atoms with E-state index in [0.717, 1.165) is 13.8 Å². The molecule has 0 fully saturated rings. The third kappa shape index (κ3) is 4.72. The number of halogens is 3. The number of ether oxygens (including phenoxy) is 2. The van der Waals surface area contributed by atoms with Gasteiger partial charge in [0.15, 0.2) is 0 Å². The number of esters is 2. The number of rotatable bonds is 6. The van der Waals surface area contributed by atoms with Crippen LogP contribution in [0.15, 0.2) is 0 Å². The summed E-state index contributed by atoms with van der Waals surface area (Å²) < 4.78 is 47.7. The maximum atomic E-state index is 12.8. The van der Waals surface area contributed by atoms with Crippen molar-refractivity contribution in [3.05, 3.63) is 0 Å². The van der Waals surface area contributed by atoms with Crippen molar-refractivity contribution < 1.29 is 32.2 Å². The number of carbonyl (C=O) groups excluding carboxylic acids is 2. The van der Waals surface area contributed by atoms with Crippen molar-refractivity contribution in [3.63, 3.8) is 0 Å². The van der Waals surface area contributed by atoms with Gasteiger partial charge in [0.1, 0.15) is 0 Å². The molecule has 0 aromatic heterocycles. The average molecular weight is 284 g/mol. The Labute approximate surface area is 110 Å². The van der Waals surface area contributed by atoms with E-state index < -0.39 is 35.9 Å². The predicted octanol–water partition coefficient (Wildman–Crippen LogP) is 2.71. The maximum Gasteiger partial charge on any atom is 0.392 e. The highest BCUT2D eigenvalue weighted by atomic mass is 19.4. The topological polar surface area (TPSA) is 52.6 Å². The van der Waals surface area contributed by atoms with Crippen LogP contribution < -0.4 is 0 Å². The standard InChI is InChI=1S/C12H19F3O4/c1-5-18-9(16)7-11(4,10(17)19-6-2)8(3)12(13,14)15/h8H,5-7H2,1-4H3. The molecule has 0 N–H and O–H groups in total. The molecular formula is C12H19F3O4. The molecule has 0 aromatic carbocycles. The molecule has 0 heterocycles. The second kappa shape index (κ2) is 6.77. The molecule has 0 aliphatic rings. The quantitative estimate of drug-likeness (QED) is 0.704. The fourth-order valence-corrected chi connectivity index (χ4v) is 1.57. The fourth-order valence-electron chi connectivity index (χ4n) is 1.57. The monoisotopic (exact) mass is 284 g/mol. The number of carbonyl (C=O) groups is 2. The van der Waals surface area contributed by atoms with Gasteiger partial charge in [-0.3, -0.25) is 9.59 Å². The Kier molecular flexibility index (Phi) is 6.32. The van der Waals surface area contributed by atoms with E-state index in [9.17, 15) is 22.8 Å². The van der Waals surface area contributed by atoms with Crippen LogP contribution in [0.2, 0.25) is 0 Å². The van der Waals surface area contributed by atoms with Gasteiger partial charge in [0.05, 0.1) is 31.0 Å². The zero-order chi connectivity index (χ0) is 15.3. The molecule has 19 heavy (non-hydrogen) atoms. The molecule has 0 bridgehead atoms. The van der Waals surface area contributed by atoms with E-state index in [4.69, 9.17) is 0 Å². The van der Waals surface area contributed by atoms with Gasteiger partial charge in [0.2, 0.25) is 0 Å². The Bertz CT molecular complexity index is 327. The van der Waals surface area contributed by atoms with Crippen molar-refractivity contribution in [3.8, 4) is 0 Å². The summed E-state index contributed by atoms with van der Waals surface area (Å²) in [5, 5.41) is 0. The molecule has 0 saturated heterocycles. The number of hydrogen-bond acceptors (Lipinski definition) is 4. The molecule has 0 rings (SSSR count). The van der Waals surface area contributed by atoms with Crippen molar-refractivity contribution in [2.24, 2.45) is 11.3 Å². The summed E-state index contributed by atoms with van der Waals surface area (Å²) in [6, 6.07) is 0. The summed E-state index contributed by atoms with van der Waals surface area (Å²) in [6.07, 6.45) is -5.27. The van der Waals surface area contributed by atoms with Crippen molar-refractivity contribution in [1.29, 1.82) is 0 Å². The smallest absolute Gasteiger partial charge is 0.392 e. The molecule has 0 amide bonds. The fraction of sp³-hybridized carbons (Fsp3) is 0.833. The van der Waals surface area contributed by atoms with Gasteiger partial charge in [-0.2, -0.15) is 13.2 Å². The zero-order valence-electron chi connectivity index (χ0n) is 11.5. The minimum Gasteiger partial charge on any atom is -0.466 e. The van der Waals surface area contributed by atoms with Gasteiger partial charge in [0, 0.05) is 0 Å². The molecule has 2 atom stereocenters. The van der Waals surface area contributed by atoms with E-state index in [1.165, 1.54) is 13.8 Å². The highest BCUT2D eigenvalue weighted by Crippen LogP contribution is 2.43. The summed E-state index contributed by atoms with van der Waals surface area (Å²) in [7, 11) is 0. The summed E-state index contributed by atoms with van der Waals surface area (Å²) in [5.41, 5.74) is -1.99. The van der Waals surface area contributed by atoms with Crippen LogP contribution in [0, 0.1) is 11.3 Å². The minimum atomic E-state index is -4.60. The van der Waals surface area contributed by atoms with Gasteiger partial charge in [-0.25, -0.2) is 0 Å². The molecule has 0 spiro atoms. The van der Waals surface area contributed by atoms with Crippen LogP contribution in [0.1, 0.15) is 34.1 Å². The molecule has 0 aliphatic carbocycles. The van der Waals surface area contributed by atoms with Crippen molar-refractivity contribution in [1.82, 2.24) is 0 Å². The SMILES string of the molecule is CCOC(=O)CC(C)(C(=O)OCC)C(C)C(F)(F)F. The molecule has 4 nitrogen and oxygen atoms in total.